The fourth-order valence-corrected chi connectivity index (χ4v) is 2.10. The normalized spacial score (nSPS) is 12.0. The molecule has 122 valence electrons. The first kappa shape index (κ1) is 16.7. The molecule has 23 heavy (non-hydrogen) atoms. The highest BCUT2D eigenvalue weighted by atomic mass is 16.2. The zero-order valence-corrected chi connectivity index (χ0v) is 13.5. The number of aromatic nitrogens is 3. The molecule has 2 amide bonds. The Hall–Kier alpha value is -2.70. The molecule has 0 saturated carbocycles. The van der Waals surface area contributed by atoms with Crippen LogP contribution in [0.3, 0.4) is 0 Å². The Morgan fingerprint density at radius 1 is 1.13 bits per heavy atom. The molecule has 0 aliphatic rings. The molecule has 2 N–H and O–H groups in total. The van der Waals surface area contributed by atoms with E-state index in [1.807, 2.05) is 13.8 Å². The number of hydrogen-bond acceptors (Lipinski definition) is 4. The molecule has 7 nitrogen and oxygen atoms in total. The number of carbonyl (C=O) groups excluding carboxylic acids is 2. The first-order valence-electron chi connectivity index (χ1n) is 7.48. The van der Waals surface area contributed by atoms with Crippen LogP contribution in [0.2, 0.25) is 0 Å². The summed E-state index contributed by atoms with van der Waals surface area (Å²) < 4.78 is 0. The highest BCUT2D eigenvalue weighted by Crippen LogP contribution is 2.11. The van der Waals surface area contributed by atoms with Crippen LogP contribution in [0.15, 0.2) is 36.7 Å². The average molecular weight is 315 g/mol. The van der Waals surface area contributed by atoms with E-state index in [0.29, 0.717) is 17.8 Å². The van der Waals surface area contributed by atoms with Crippen LogP contribution >= 0.6 is 0 Å². The van der Waals surface area contributed by atoms with E-state index < -0.39 is 0 Å². The highest BCUT2D eigenvalue weighted by Gasteiger charge is 2.18. The molecule has 1 heterocycles. The maximum atomic E-state index is 12.4. The Kier molecular flexibility index (Phi) is 5.46. The van der Waals surface area contributed by atoms with Gasteiger partial charge in [-0.2, -0.15) is 15.0 Å². The summed E-state index contributed by atoms with van der Waals surface area (Å²) in [4.78, 5) is 24.9. The smallest absolute Gasteiger partial charge is 0.251 e. The van der Waals surface area contributed by atoms with Gasteiger partial charge in [0.25, 0.3) is 5.91 Å². The van der Waals surface area contributed by atoms with Crippen molar-refractivity contribution < 1.29 is 9.59 Å². The molecule has 1 aromatic carbocycles. The van der Waals surface area contributed by atoms with Crippen molar-refractivity contribution in [1.82, 2.24) is 20.3 Å². The third-order valence-electron chi connectivity index (χ3n) is 3.42. The number of nitrogens with one attached hydrogen (secondary N) is 2. The van der Waals surface area contributed by atoms with E-state index in [-0.39, 0.29) is 23.8 Å². The first-order valence-corrected chi connectivity index (χ1v) is 7.48. The van der Waals surface area contributed by atoms with Crippen LogP contribution < -0.4 is 10.6 Å². The van der Waals surface area contributed by atoms with Gasteiger partial charge in [-0.15, -0.1) is 0 Å². The molecule has 1 aromatic heterocycles. The summed E-state index contributed by atoms with van der Waals surface area (Å²) in [5.74, 6) is -0.0670. The van der Waals surface area contributed by atoms with Crippen LogP contribution in [0.5, 0.6) is 0 Å². The molecule has 7 heteroatoms. The van der Waals surface area contributed by atoms with Crippen LogP contribution in [-0.2, 0) is 11.3 Å². The summed E-state index contributed by atoms with van der Waals surface area (Å²) in [7, 11) is 0. The van der Waals surface area contributed by atoms with Gasteiger partial charge in [-0.1, -0.05) is 13.8 Å². The zero-order valence-electron chi connectivity index (χ0n) is 13.5. The lowest BCUT2D eigenvalue weighted by atomic mass is 10.0. The van der Waals surface area contributed by atoms with E-state index in [2.05, 4.69) is 20.8 Å². The lowest BCUT2D eigenvalue weighted by Gasteiger charge is -2.22. The molecule has 1 unspecified atom stereocenters. The molecule has 0 aliphatic heterocycles. The van der Waals surface area contributed by atoms with E-state index in [4.69, 9.17) is 0 Å². The second-order valence-electron chi connectivity index (χ2n) is 5.67. The van der Waals surface area contributed by atoms with Crippen molar-refractivity contribution >= 4 is 17.5 Å². The molecule has 0 radical (unpaired) electrons. The fourth-order valence-electron chi connectivity index (χ4n) is 2.10. The Balaban J connectivity index is 2.01. The van der Waals surface area contributed by atoms with Gasteiger partial charge in [-0.25, -0.2) is 0 Å². The van der Waals surface area contributed by atoms with Gasteiger partial charge in [0.1, 0.15) is 0 Å². The van der Waals surface area contributed by atoms with Gasteiger partial charge in [0.15, 0.2) is 0 Å². The van der Waals surface area contributed by atoms with Crippen molar-refractivity contribution in [3.63, 3.8) is 0 Å². The standard InChI is InChI=1S/C16H21N5O2/c1-11(2)15(10-21-17-8-9-18-21)20-16(23)13-4-6-14(7-5-13)19-12(3)22/h4-9,11,15H,10H2,1-3H3,(H,19,22)(H,20,23). The number of rotatable bonds is 6. The SMILES string of the molecule is CC(=O)Nc1ccc(C(=O)NC(Cn2nccn2)C(C)C)cc1. The summed E-state index contributed by atoms with van der Waals surface area (Å²) in [6.07, 6.45) is 3.22. The quantitative estimate of drug-likeness (QED) is 0.849. The average Bonchev–Trinajstić information content (AvgIpc) is 2.99. The molecular weight excluding hydrogens is 294 g/mol. The molecule has 0 aliphatic carbocycles. The largest absolute Gasteiger partial charge is 0.347 e. The minimum absolute atomic E-state index is 0.0788. The van der Waals surface area contributed by atoms with Crippen molar-refractivity contribution in [1.29, 1.82) is 0 Å². The Bertz CT molecular complexity index is 650. The summed E-state index contributed by atoms with van der Waals surface area (Å²) >= 11 is 0. The van der Waals surface area contributed by atoms with Crippen LogP contribution in [0.25, 0.3) is 0 Å². The second kappa shape index (κ2) is 7.53. The molecule has 0 bridgehead atoms. The van der Waals surface area contributed by atoms with E-state index in [0.717, 1.165) is 0 Å². The van der Waals surface area contributed by atoms with Crippen molar-refractivity contribution in [2.45, 2.75) is 33.4 Å². The van der Waals surface area contributed by atoms with Crippen LogP contribution in [-0.4, -0.2) is 32.9 Å². The number of hydrogen-bond donors (Lipinski definition) is 2. The maximum Gasteiger partial charge on any atom is 0.251 e. The number of anilines is 1. The Labute approximate surface area is 135 Å². The predicted molar refractivity (Wildman–Crippen MR) is 86.9 cm³/mol. The topological polar surface area (TPSA) is 88.9 Å². The minimum Gasteiger partial charge on any atom is -0.347 e. The van der Waals surface area contributed by atoms with E-state index in [1.165, 1.54) is 6.92 Å². The zero-order chi connectivity index (χ0) is 16.8. The van der Waals surface area contributed by atoms with Gasteiger partial charge in [0, 0.05) is 18.2 Å². The third kappa shape index (κ3) is 4.91. The van der Waals surface area contributed by atoms with Crippen molar-refractivity contribution in [2.75, 3.05) is 5.32 Å². The third-order valence-corrected chi connectivity index (χ3v) is 3.42. The number of benzene rings is 1. The number of amides is 2. The molecular formula is C16H21N5O2. The van der Waals surface area contributed by atoms with Crippen LogP contribution in [0, 0.1) is 5.92 Å². The van der Waals surface area contributed by atoms with Crippen molar-refractivity contribution in [2.24, 2.45) is 5.92 Å². The Morgan fingerprint density at radius 2 is 1.74 bits per heavy atom. The molecule has 0 fully saturated rings. The lowest BCUT2D eigenvalue weighted by molar-refractivity contribution is -0.114. The van der Waals surface area contributed by atoms with Crippen LogP contribution in [0.4, 0.5) is 5.69 Å². The van der Waals surface area contributed by atoms with Gasteiger partial charge in [0.05, 0.1) is 25.0 Å². The fraction of sp³-hybridized carbons (Fsp3) is 0.375. The summed E-state index contributed by atoms with van der Waals surface area (Å²) in [6.45, 7) is 6.03. The van der Waals surface area contributed by atoms with Crippen LogP contribution in [0.1, 0.15) is 31.1 Å². The molecule has 1 atom stereocenters. The maximum absolute atomic E-state index is 12.4. The van der Waals surface area contributed by atoms with Gasteiger partial charge in [-0.3, -0.25) is 9.59 Å². The second-order valence-corrected chi connectivity index (χ2v) is 5.67. The monoisotopic (exact) mass is 315 g/mol. The van der Waals surface area contributed by atoms with Crippen molar-refractivity contribution in [3.05, 3.63) is 42.2 Å². The summed E-state index contributed by atoms with van der Waals surface area (Å²) in [6, 6.07) is 6.70. The number of nitrogens with zero attached hydrogens (tertiary/aromatic N) is 3. The highest BCUT2D eigenvalue weighted by molar-refractivity contribution is 5.95. The predicted octanol–water partition coefficient (Wildman–Crippen LogP) is 1.69. The van der Waals surface area contributed by atoms with Crippen molar-refractivity contribution in [3.8, 4) is 0 Å². The van der Waals surface area contributed by atoms with E-state index in [1.54, 1.807) is 41.5 Å². The number of carbonyl (C=O) groups is 2. The van der Waals surface area contributed by atoms with Gasteiger partial charge in [0.2, 0.25) is 5.91 Å². The van der Waals surface area contributed by atoms with E-state index in [9.17, 15) is 9.59 Å². The van der Waals surface area contributed by atoms with Gasteiger partial charge >= 0.3 is 0 Å². The molecule has 0 saturated heterocycles. The Morgan fingerprint density at radius 3 is 2.26 bits per heavy atom. The summed E-state index contributed by atoms with van der Waals surface area (Å²) in [5.41, 5.74) is 1.20. The van der Waals surface area contributed by atoms with Gasteiger partial charge < -0.3 is 10.6 Å². The van der Waals surface area contributed by atoms with E-state index >= 15 is 0 Å². The molecule has 2 aromatic rings. The minimum atomic E-state index is -0.162. The molecule has 2 rings (SSSR count). The first-order chi connectivity index (χ1) is 11.0. The lowest BCUT2D eigenvalue weighted by Crippen LogP contribution is -2.42. The summed E-state index contributed by atoms with van der Waals surface area (Å²) in [5, 5.41) is 13.8. The molecule has 0 spiro atoms. The van der Waals surface area contributed by atoms with Gasteiger partial charge in [-0.05, 0) is 30.2 Å².